The van der Waals surface area contributed by atoms with Crippen molar-refractivity contribution >= 4 is 17.6 Å². The van der Waals surface area contributed by atoms with E-state index >= 15 is 0 Å². The third kappa shape index (κ3) is 4.23. The van der Waals surface area contributed by atoms with Gasteiger partial charge in [-0.25, -0.2) is 6.57 Å². The molecule has 0 N–H and O–H groups in total. The number of anilines is 3. The lowest BCUT2D eigenvalue weighted by Crippen LogP contribution is -2.43. The molecule has 3 fully saturated rings. The minimum Gasteiger partial charge on any atom is -0.378 e. The van der Waals surface area contributed by atoms with Crippen molar-refractivity contribution in [3.05, 3.63) is 53.4 Å². The topological polar surface area (TPSA) is 58.3 Å². The molecular formula is C24H30N6O2. The Hall–Kier alpha value is -2.89. The Balaban J connectivity index is 1.40. The summed E-state index contributed by atoms with van der Waals surface area (Å²) in [4.78, 5) is 20.9. The molecule has 168 valence electrons. The van der Waals surface area contributed by atoms with Crippen LogP contribution < -0.4 is 14.7 Å². The van der Waals surface area contributed by atoms with Crippen molar-refractivity contribution in [1.82, 2.24) is 9.97 Å². The van der Waals surface area contributed by atoms with Gasteiger partial charge in [-0.05, 0) is 0 Å². The third-order valence-corrected chi connectivity index (χ3v) is 6.76. The summed E-state index contributed by atoms with van der Waals surface area (Å²) in [5.74, 6) is 2.69. The number of morpholine rings is 2. The maximum absolute atomic E-state index is 7.93. The second-order valence-corrected chi connectivity index (χ2v) is 8.58. The molecule has 8 nitrogen and oxygen atoms in total. The number of nitrogens with zero attached hydrogens (tertiary/aromatic N) is 6. The van der Waals surface area contributed by atoms with Crippen molar-refractivity contribution in [2.75, 3.05) is 80.4 Å². The maximum Gasteiger partial charge on any atom is 0.260 e. The first-order chi connectivity index (χ1) is 15.8. The number of rotatable bonds is 4. The van der Waals surface area contributed by atoms with Crippen LogP contribution in [-0.4, -0.2) is 75.7 Å². The fourth-order valence-corrected chi connectivity index (χ4v) is 4.75. The second kappa shape index (κ2) is 9.31. The molecule has 3 aliphatic rings. The van der Waals surface area contributed by atoms with Crippen LogP contribution in [0.25, 0.3) is 4.85 Å². The van der Waals surface area contributed by atoms with Gasteiger partial charge < -0.3 is 29.0 Å². The van der Waals surface area contributed by atoms with E-state index in [1.807, 2.05) is 18.2 Å². The van der Waals surface area contributed by atoms with Crippen molar-refractivity contribution in [3.8, 4) is 0 Å². The van der Waals surface area contributed by atoms with Gasteiger partial charge in [-0.2, -0.15) is 9.97 Å². The number of hydrogen-bond acceptors (Lipinski definition) is 7. The Morgan fingerprint density at radius 3 is 1.78 bits per heavy atom. The van der Waals surface area contributed by atoms with Gasteiger partial charge in [0.1, 0.15) is 11.6 Å². The third-order valence-electron chi connectivity index (χ3n) is 6.76. The van der Waals surface area contributed by atoms with Crippen LogP contribution in [0.15, 0.2) is 36.4 Å². The quantitative estimate of drug-likeness (QED) is 0.686. The molecule has 0 radical (unpaired) electrons. The Kier molecular flexibility index (Phi) is 6.10. The molecule has 0 aliphatic carbocycles. The maximum atomic E-state index is 7.93. The van der Waals surface area contributed by atoms with E-state index in [0.29, 0.717) is 0 Å². The molecular weight excluding hydrogens is 404 g/mol. The summed E-state index contributed by atoms with van der Waals surface area (Å²) < 4.78 is 11.1. The lowest BCUT2D eigenvalue weighted by atomic mass is 9.82. The summed E-state index contributed by atoms with van der Waals surface area (Å²) in [6.07, 6.45) is 1.55. The van der Waals surface area contributed by atoms with Crippen LogP contribution in [-0.2, 0) is 15.0 Å². The van der Waals surface area contributed by atoms with Gasteiger partial charge in [0.15, 0.2) is 0 Å². The van der Waals surface area contributed by atoms with Crippen LogP contribution in [0.1, 0.15) is 18.4 Å². The van der Waals surface area contributed by atoms with E-state index in [4.69, 9.17) is 26.0 Å². The van der Waals surface area contributed by atoms with Gasteiger partial charge in [0.2, 0.25) is 5.95 Å². The predicted molar refractivity (Wildman–Crippen MR) is 124 cm³/mol. The summed E-state index contributed by atoms with van der Waals surface area (Å²) >= 11 is 0. The Morgan fingerprint density at radius 2 is 1.28 bits per heavy atom. The highest BCUT2D eigenvalue weighted by Crippen LogP contribution is 2.38. The summed E-state index contributed by atoms with van der Waals surface area (Å²) in [5, 5.41) is 0. The smallest absolute Gasteiger partial charge is 0.260 e. The van der Waals surface area contributed by atoms with Crippen molar-refractivity contribution in [3.63, 3.8) is 0 Å². The Morgan fingerprint density at radius 1 is 0.750 bits per heavy atom. The number of benzene rings is 1. The van der Waals surface area contributed by atoms with Crippen LogP contribution in [0.5, 0.6) is 0 Å². The molecule has 0 spiro atoms. The minimum atomic E-state index is -0.452. The lowest BCUT2D eigenvalue weighted by molar-refractivity contribution is 0.122. The summed E-state index contributed by atoms with van der Waals surface area (Å²) in [6.45, 7) is 15.7. The molecule has 4 heterocycles. The highest BCUT2D eigenvalue weighted by atomic mass is 16.5. The van der Waals surface area contributed by atoms with Crippen LogP contribution in [0, 0.1) is 6.57 Å². The average molecular weight is 435 g/mol. The molecule has 1 aromatic heterocycles. The highest BCUT2D eigenvalue weighted by molar-refractivity contribution is 5.56. The number of aromatic nitrogens is 2. The Bertz CT molecular complexity index is 906. The summed E-state index contributed by atoms with van der Waals surface area (Å²) in [7, 11) is 0. The first kappa shape index (κ1) is 21.0. The van der Waals surface area contributed by atoms with Crippen molar-refractivity contribution in [2.24, 2.45) is 0 Å². The van der Waals surface area contributed by atoms with Gasteiger partial charge in [0, 0.05) is 63.7 Å². The normalized spacial score (nSPS) is 21.3. The number of piperidine rings is 1. The van der Waals surface area contributed by atoms with Gasteiger partial charge in [-0.3, -0.25) is 0 Å². The molecule has 2 aromatic rings. The lowest BCUT2D eigenvalue weighted by Gasteiger charge is -2.36. The van der Waals surface area contributed by atoms with Crippen molar-refractivity contribution in [2.45, 2.75) is 18.4 Å². The predicted octanol–water partition coefficient (Wildman–Crippen LogP) is 2.56. The van der Waals surface area contributed by atoms with E-state index in [9.17, 15) is 0 Å². The van der Waals surface area contributed by atoms with Gasteiger partial charge >= 0.3 is 0 Å². The van der Waals surface area contributed by atoms with Crippen LogP contribution in [0.4, 0.5) is 17.6 Å². The van der Waals surface area contributed by atoms with Crippen LogP contribution in [0.3, 0.4) is 0 Å². The molecule has 0 amide bonds. The van der Waals surface area contributed by atoms with E-state index in [1.165, 1.54) is 0 Å². The van der Waals surface area contributed by atoms with E-state index in [1.54, 1.807) is 0 Å². The zero-order valence-corrected chi connectivity index (χ0v) is 18.4. The largest absolute Gasteiger partial charge is 0.378 e. The van der Waals surface area contributed by atoms with E-state index < -0.39 is 5.54 Å². The van der Waals surface area contributed by atoms with E-state index in [0.717, 1.165) is 102 Å². The summed E-state index contributed by atoms with van der Waals surface area (Å²) in [6, 6.07) is 12.3. The zero-order valence-electron chi connectivity index (χ0n) is 18.4. The molecule has 0 atom stereocenters. The first-order valence-corrected chi connectivity index (χ1v) is 11.5. The van der Waals surface area contributed by atoms with Gasteiger partial charge in [-0.15, -0.1) is 0 Å². The number of ether oxygens (including phenoxy) is 2. The molecule has 0 unspecified atom stereocenters. The number of hydrogen-bond donors (Lipinski definition) is 0. The van der Waals surface area contributed by atoms with Gasteiger partial charge in [-0.1, -0.05) is 30.3 Å². The fraction of sp³-hybridized carbons (Fsp3) is 0.542. The molecule has 32 heavy (non-hydrogen) atoms. The highest BCUT2D eigenvalue weighted by Gasteiger charge is 2.43. The molecule has 3 saturated heterocycles. The molecule has 0 saturated carbocycles. The van der Waals surface area contributed by atoms with Crippen LogP contribution in [0.2, 0.25) is 0 Å². The Labute approximate surface area is 189 Å². The first-order valence-electron chi connectivity index (χ1n) is 11.5. The van der Waals surface area contributed by atoms with E-state index in [-0.39, 0.29) is 0 Å². The van der Waals surface area contributed by atoms with Crippen molar-refractivity contribution < 1.29 is 9.47 Å². The van der Waals surface area contributed by atoms with Gasteiger partial charge in [0.25, 0.3) is 5.54 Å². The SMILES string of the molecule is [C-]#[N+]C1(c2ccccc2)CCN(c2nc(N3CCOCC3)cc(N3CCOCC3)n2)CC1. The molecule has 8 heteroatoms. The van der Waals surface area contributed by atoms with E-state index in [2.05, 4.69) is 37.7 Å². The molecule has 3 aliphatic heterocycles. The standard InChI is InChI=1S/C24H30N6O2/c1-25-24(20-5-3-2-4-6-20)7-9-30(10-8-24)23-26-21(28-11-15-31-16-12-28)19-22(27-23)29-13-17-32-18-14-29/h2-6,19H,7-18H2. The fourth-order valence-electron chi connectivity index (χ4n) is 4.75. The zero-order chi connectivity index (χ0) is 21.8. The average Bonchev–Trinajstić information content (AvgIpc) is 2.90. The summed E-state index contributed by atoms with van der Waals surface area (Å²) in [5.41, 5.74) is 0.665. The monoisotopic (exact) mass is 434 g/mol. The van der Waals surface area contributed by atoms with Crippen molar-refractivity contribution in [1.29, 1.82) is 0 Å². The van der Waals surface area contributed by atoms with Crippen LogP contribution >= 0.6 is 0 Å². The minimum absolute atomic E-state index is 0.452. The molecule has 5 rings (SSSR count). The molecule has 1 aromatic carbocycles. The second-order valence-electron chi connectivity index (χ2n) is 8.58. The molecule has 0 bridgehead atoms. The van der Waals surface area contributed by atoms with Gasteiger partial charge in [0.05, 0.1) is 26.4 Å².